The van der Waals surface area contributed by atoms with Crippen molar-refractivity contribution in [2.75, 3.05) is 13.1 Å². The normalized spacial score (nSPS) is 15.8. The van der Waals surface area contributed by atoms with E-state index < -0.39 is 0 Å². The van der Waals surface area contributed by atoms with Crippen LogP contribution in [0.1, 0.15) is 58.3 Å². The van der Waals surface area contributed by atoms with Crippen molar-refractivity contribution in [1.82, 2.24) is 9.88 Å². The predicted molar refractivity (Wildman–Crippen MR) is 70.0 cm³/mol. The molecule has 2 rings (SSSR count). The third kappa shape index (κ3) is 2.19. The molecule has 0 radical (unpaired) electrons. The minimum Gasteiger partial charge on any atom is -0.355 e. The van der Waals surface area contributed by atoms with Crippen LogP contribution in [0.25, 0.3) is 0 Å². The van der Waals surface area contributed by atoms with Gasteiger partial charge in [0, 0.05) is 25.7 Å². The van der Waals surface area contributed by atoms with Crippen LogP contribution in [0.15, 0.2) is 0 Å². The predicted octanol–water partition coefficient (Wildman–Crippen LogP) is 2.46. The van der Waals surface area contributed by atoms with Gasteiger partial charge in [-0.15, -0.1) is 0 Å². The molecular weight excluding hydrogens is 228 g/mol. The van der Waals surface area contributed by atoms with Gasteiger partial charge in [-0.2, -0.15) is 0 Å². The van der Waals surface area contributed by atoms with Gasteiger partial charge in [-0.1, -0.05) is 0 Å². The molecule has 0 spiro atoms. The van der Waals surface area contributed by atoms with Crippen LogP contribution in [0, 0.1) is 13.8 Å². The number of nitrogens with one attached hydrogen (secondary N) is 1. The number of amides is 1. The van der Waals surface area contributed by atoms with Gasteiger partial charge in [0.25, 0.3) is 5.91 Å². The van der Waals surface area contributed by atoms with E-state index in [2.05, 4.69) is 4.98 Å². The van der Waals surface area contributed by atoms with Gasteiger partial charge in [-0.3, -0.25) is 9.59 Å². The molecule has 4 nitrogen and oxygen atoms in total. The summed E-state index contributed by atoms with van der Waals surface area (Å²) in [5.41, 5.74) is 2.83. The molecule has 0 saturated carbocycles. The highest BCUT2D eigenvalue weighted by Gasteiger charge is 2.25. The van der Waals surface area contributed by atoms with Crippen LogP contribution in [0.4, 0.5) is 0 Å². The van der Waals surface area contributed by atoms with Crippen LogP contribution in [0.2, 0.25) is 0 Å². The lowest BCUT2D eigenvalue weighted by molar-refractivity contribution is 0.0723. The molecule has 1 N–H and O–H groups in total. The zero-order chi connectivity index (χ0) is 13.3. The van der Waals surface area contributed by atoms with Crippen LogP contribution in [-0.2, 0) is 0 Å². The fraction of sp³-hybridized carbons (Fsp3) is 0.571. The third-order valence-corrected chi connectivity index (χ3v) is 3.65. The number of hydrogen-bond acceptors (Lipinski definition) is 2. The van der Waals surface area contributed by atoms with Crippen molar-refractivity contribution in [1.29, 1.82) is 0 Å². The van der Waals surface area contributed by atoms with Crippen LogP contribution in [-0.4, -0.2) is 34.7 Å². The molecule has 0 aliphatic carbocycles. The zero-order valence-corrected chi connectivity index (χ0v) is 11.3. The van der Waals surface area contributed by atoms with Crippen molar-refractivity contribution in [3.8, 4) is 0 Å². The molecule has 4 heteroatoms. The van der Waals surface area contributed by atoms with Gasteiger partial charge in [-0.05, 0) is 38.7 Å². The van der Waals surface area contributed by atoms with Crippen molar-refractivity contribution in [3.63, 3.8) is 0 Å². The van der Waals surface area contributed by atoms with Crippen molar-refractivity contribution in [3.05, 3.63) is 22.5 Å². The van der Waals surface area contributed by atoms with Crippen molar-refractivity contribution < 1.29 is 9.59 Å². The zero-order valence-electron chi connectivity index (χ0n) is 11.3. The highest BCUT2D eigenvalue weighted by molar-refractivity contribution is 6.02. The summed E-state index contributed by atoms with van der Waals surface area (Å²) in [4.78, 5) is 28.9. The van der Waals surface area contributed by atoms with E-state index in [9.17, 15) is 9.59 Å². The van der Waals surface area contributed by atoms with Gasteiger partial charge in [0.1, 0.15) is 0 Å². The van der Waals surface area contributed by atoms with Gasteiger partial charge in [0.05, 0.1) is 11.3 Å². The second-order valence-electron chi connectivity index (χ2n) is 5.03. The molecule has 1 aliphatic heterocycles. The first kappa shape index (κ1) is 12.9. The number of aromatic amines is 1. The molecule has 1 amide bonds. The standard InChI is InChI=1S/C14H20N2O2/c1-9-12(10(2)15-13(9)11(3)17)14(18)16-7-5-4-6-8-16/h15H,4-8H2,1-3H3. The molecule has 1 aliphatic rings. The number of aromatic nitrogens is 1. The Labute approximate surface area is 107 Å². The Morgan fingerprint density at radius 1 is 1.11 bits per heavy atom. The largest absolute Gasteiger partial charge is 0.355 e. The molecule has 98 valence electrons. The minimum atomic E-state index is -0.0201. The van der Waals surface area contributed by atoms with Gasteiger partial charge >= 0.3 is 0 Å². The minimum absolute atomic E-state index is 0.0201. The van der Waals surface area contributed by atoms with Crippen molar-refractivity contribution in [2.24, 2.45) is 0 Å². The number of carbonyl (C=O) groups is 2. The summed E-state index contributed by atoms with van der Waals surface area (Å²) >= 11 is 0. The second kappa shape index (κ2) is 4.96. The van der Waals surface area contributed by atoms with E-state index in [1.807, 2.05) is 18.7 Å². The van der Waals surface area contributed by atoms with Crippen LogP contribution in [0.5, 0.6) is 0 Å². The summed E-state index contributed by atoms with van der Waals surface area (Å²) in [5.74, 6) is 0.0433. The quantitative estimate of drug-likeness (QED) is 0.817. The third-order valence-electron chi connectivity index (χ3n) is 3.65. The molecule has 18 heavy (non-hydrogen) atoms. The molecule has 0 unspecified atom stereocenters. The molecule has 1 aromatic rings. The van der Waals surface area contributed by atoms with E-state index in [0.717, 1.165) is 37.2 Å². The number of carbonyl (C=O) groups excluding carboxylic acids is 2. The fourth-order valence-corrected chi connectivity index (χ4v) is 2.68. The number of H-pyrrole nitrogens is 1. The number of likely N-dealkylation sites (tertiary alicyclic amines) is 1. The Morgan fingerprint density at radius 3 is 2.22 bits per heavy atom. The summed E-state index contributed by atoms with van der Waals surface area (Å²) in [6.45, 7) is 6.89. The van der Waals surface area contributed by atoms with Crippen molar-refractivity contribution in [2.45, 2.75) is 40.0 Å². The van der Waals surface area contributed by atoms with Gasteiger partial charge in [0.2, 0.25) is 0 Å². The SMILES string of the molecule is CC(=O)c1[nH]c(C)c(C(=O)N2CCCCC2)c1C. The maximum atomic E-state index is 12.5. The number of Topliss-reactive ketones (excluding diaryl/α,β-unsaturated/α-hetero) is 1. The maximum Gasteiger partial charge on any atom is 0.255 e. The Balaban J connectivity index is 2.32. The summed E-state index contributed by atoms with van der Waals surface area (Å²) in [5, 5.41) is 0. The topological polar surface area (TPSA) is 53.2 Å². The molecule has 0 aromatic carbocycles. The summed E-state index contributed by atoms with van der Waals surface area (Å²) < 4.78 is 0. The lowest BCUT2D eigenvalue weighted by atomic mass is 10.1. The van der Waals surface area contributed by atoms with Gasteiger partial charge in [-0.25, -0.2) is 0 Å². The van der Waals surface area contributed by atoms with E-state index in [1.54, 1.807) is 0 Å². The Bertz CT molecular complexity index is 482. The van der Waals surface area contributed by atoms with Gasteiger partial charge in [0.15, 0.2) is 5.78 Å². The fourth-order valence-electron chi connectivity index (χ4n) is 2.68. The maximum absolute atomic E-state index is 12.5. The molecule has 0 bridgehead atoms. The van der Waals surface area contributed by atoms with Crippen LogP contribution in [0.3, 0.4) is 0 Å². The summed E-state index contributed by atoms with van der Waals surface area (Å²) in [7, 11) is 0. The molecular formula is C14H20N2O2. The number of piperidine rings is 1. The molecule has 2 heterocycles. The van der Waals surface area contributed by atoms with Crippen LogP contribution >= 0.6 is 0 Å². The number of nitrogens with zero attached hydrogens (tertiary/aromatic N) is 1. The smallest absolute Gasteiger partial charge is 0.255 e. The highest BCUT2D eigenvalue weighted by atomic mass is 16.2. The molecule has 0 atom stereocenters. The summed E-state index contributed by atoms with van der Waals surface area (Å²) in [6, 6.07) is 0. The summed E-state index contributed by atoms with van der Waals surface area (Å²) in [6.07, 6.45) is 3.36. The Morgan fingerprint density at radius 2 is 1.72 bits per heavy atom. The molecule has 1 saturated heterocycles. The van der Waals surface area contributed by atoms with Crippen molar-refractivity contribution >= 4 is 11.7 Å². The lowest BCUT2D eigenvalue weighted by Gasteiger charge is -2.27. The number of ketones is 1. The number of hydrogen-bond donors (Lipinski definition) is 1. The first-order valence-electron chi connectivity index (χ1n) is 6.51. The Hall–Kier alpha value is -1.58. The number of aryl methyl sites for hydroxylation is 1. The van der Waals surface area contributed by atoms with E-state index in [0.29, 0.717) is 11.3 Å². The second-order valence-corrected chi connectivity index (χ2v) is 5.03. The van der Waals surface area contributed by atoms with E-state index in [1.165, 1.54) is 13.3 Å². The monoisotopic (exact) mass is 248 g/mol. The average Bonchev–Trinajstić information content (AvgIpc) is 2.65. The first-order chi connectivity index (χ1) is 8.52. The first-order valence-corrected chi connectivity index (χ1v) is 6.51. The Kier molecular flexibility index (Phi) is 3.55. The van der Waals surface area contributed by atoms with E-state index in [-0.39, 0.29) is 11.7 Å². The van der Waals surface area contributed by atoms with Gasteiger partial charge < -0.3 is 9.88 Å². The average molecular weight is 248 g/mol. The van der Waals surface area contributed by atoms with Crippen LogP contribution < -0.4 is 0 Å². The lowest BCUT2D eigenvalue weighted by Crippen LogP contribution is -2.36. The number of rotatable bonds is 2. The molecule has 1 aromatic heterocycles. The highest BCUT2D eigenvalue weighted by Crippen LogP contribution is 2.22. The molecule has 1 fully saturated rings. The van der Waals surface area contributed by atoms with E-state index >= 15 is 0 Å². The van der Waals surface area contributed by atoms with E-state index in [4.69, 9.17) is 0 Å².